The third-order valence-electron chi connectivity index (χ3n) is 3.73. The second-order valence-electron chi connectivity index (χ2n) is 5.92. The average Bonchev–Trinajstić information content (AvgIpc) is 2.57. The molecule has 0 aromatic heterocycles. The molecule has 0 bridgehead atoms. The van der Waals surface area contributed by atoms with Gasteiger partial charge in [-0.2, -0.15) is 13.2 Å². The summed E-state index contributed by atoms with van der Waals surface area (Å²) in [7, 11) is -2.67. The molecular weight excluding hydrogens is 383 g/mol. The Bertz CT molecular complexity index is 911. The minimum atomic E-state index is -4.62. The van der Waals surface area contributed by atoms with Gasteiger partial charge in [0, 0.05) is 7.11 Å². The highest BCUT2D eigenvalue weighted by molar-refractivity contribution is 7.92. The van der Waals surface area contributed by atoms with Crippen molar-refractivity contribution in [3.63, 3.8) is 0 Å². The summed E-state index contributed by atoms with van der Waals surface area (Å²) in [5.41, 5.74) is -0.0920. The van der Waals surface area contributed by atoms with Gasteiger partial charge in [-0.15, -0.1) is 0 Å². The Balaban J connectivity index is 2.46. The van der Waals surface area contributed by atoms with Gasteiger partial charge in [0.25, 0.3) is 10.0 Å². The van der Waals surface area contributed by atoms with E-state index in [1.807, 2.05) is 0 Å². The first-order chi connectivity index (χ1) is 12.5. The molecule has 5 nitrogen and oxygen atoms in total. The molecule has 0 fully saturated rings. The standard InChI is InChI=1S/C18H20F3NO4S/c1-12-4-5-13(2)17(10-12)27(23,24)22-15-11-14(18(19,20)21)6-7-16(15)26-9-8-25-3/h4-7,10-11,22H,8-9H2,1-3H3. The molecule has 0 saturated carbocycles. The van der Waals surface area contributed by atoms with Crippen molar-refractivity contribution >= 4 is 15.7 Å². The molecule has 0 aliphatic carbocycles. The van der Waals surface area contributed by atoms with Gasteiger partial charge in [0.1, 0.15) is 12.4 Å². The van der Waals surface area contributed by atoms with Crippen molar-refractivity contribution in [3.05, 3.63) is 53.1 Å². The Hall–Kier alpha value is -2.26. The molecule has 148 valence electrons. The first kappa shape index (κ1) is 21.0. The van der Waals surface area contributed by atoms with Crippen LogP contribution in [0.1, 0.15) is 16.7 Å². The van der Waals surface area contributed by atoms with Crippen LogP contribution in [0.25, 0.3) is 0 Å². The first-order valence-corrected chi connectivity index (χ1v) is 9.46. The second kappa shape index (κ2) is 8.18. The molecule has 2 rings (SSSR count). The van der Waals surface area contributed by atoms with Crippen LogP contribution in [0.2, 0.25) is 0 Å². The highest BCUT2D eigenvalue weighted by atomic mass is 32.2. The van der Waals surface area contributed by atoms with E-state index in [2.05, 4.69) is 4.72 Å². The number of aryl methyl sites for hydroxylation is 2. The number of rotatable bonds is 7. The molecule has 27 heavy (non-hydrogen) atoms. The van der Waals surface area contributed by atoms with Gasteiger partial charge in [-0.3, -0.25) is 4.72 Å². The lowest BCUT2D eigenvalue weighted by molar-refractivity contribution is -0.137. The normalized spacial score (nSPS) is 12.1. The van der Waals surface area contributed by atoms with E-state index in [0.29, 0.717) is 17.2 Å². The Morgan fingerprint density at radius 3 is 2.37 bits per heavy atom. The number of sulfonamides is 1. The van der Waals surface area contributed by atoms with Crippen molar-refractivity contribution in [1.29, 1.82) is 0 Å². The van der Waals surface area contributed by atoms with Crippen molar-refractivity contribution in [1.82, 2.24) is 0 Å². The van der Waals surface area contributed by atoms with Gasteiger partial charge in [-0.05, 0) is 49.2 Å². The molecular formula is C18H20F3NO4S. The smallest absolute Gasteiger partial charge is 0.416 e. The first-order valence-electron chi connectivity index (χ1n) is 7.97. The van der Waals surface area contributed by atoms with E-state index >= 15 is 0 Å². The van der Waals surface area contributed by atoms with Crippen molar-refractivity contribution in [2.75, 3.05) is 25.0 Å². The van der Waals surface area contributed by atoms with Crippen molar-refractivity contribution in [2.45, 2.75) is 24.9 Å². The van der Waals surface area contributed by atoms with Crippen LogP contribution in [0.5, 0.6) is 5.75 Å². The number of halogens is 3. The Morgan fingerprint density at radius 1 is 1.04 bits per heavy atom. The van der Waals surface area contributed by atoms with E-state index in [1.165, 1.54) is 13.2 Å². The predicted molar refractivity (Wildman–Crippen MR) is 95.5 cm³/mol. The molecule has 0 saturated heterocycles. The highest BCUT2D eigenvalue weighted by Crippen LogP contribution is 2.36. The molecule has 0 spiro atoms. The average molecular weight is 403 g/mol. The van der Waals surface area contributed by atoms with Crippen molar-refractivity contribution < 1.29 is 31.1 Å². The fourth-order valence-electron chi connectivity index (χ4n) is 2.34. The second-order valence-corrected chi connectivity index (χ2v) is 7.58. The predicted octanol–water partition coefficient (Wildman–Crippen LogP) is 4.15. The van der Waals surface area contributed by atoms with Crippen LogP contribution in [0.3, 0.4) is 0 Å². The molecule has 2 aromatic carbocycles. The van der Waals surface area contributed by atoms with E-state index in [9.17, 15) is 21.6 Å². The van der Waals surface area contributed by atoms with Crippen LogP contribution < -0.4 is 9.46 Å². The van der Waals surface area contributed by atoms with Crippen LogP contribution in [0, 0.1) is 13.8 Å². The summed E-state index contributed by atoms with van der Waals surface area (Å²) in [6, 6.07) is 7.46. The fourth-order valence-corrected chi connectivity index (χ4v) is 3.74. The van der Waals surface area contributed by atoms with Crippen molar-refractivity contribution in [3.8, 4) is 5.75 Å². The van der Waals surface area contributed by atoms with E-state index in [-0.39, 0.29) is 29.5 Å². The van der Waals surface area contributed by atoms with Crippen LogP contribution in [-0.4, -0.2) is 28.7 Å². The van der Waals surface area contributed by atoms with Gasteiger partial charge < -0.3 is 9.47 Å². The van der Waals surface area contributed by atoms with Crippen LogP contribution >= 0.6 is 0 Å². The van der Waals surface area contributed by atoms with Gasteiger partial charge in [0.05, 0.1) is 22.8 Å². The number of anilines is 1. The molecule has 0 aliphatic heterocycles. The molecule has 9 heteroatoms. The van der Waals surface area contributed by atoms with Crippen LogP contribution in [-0.2, 0) is 20.9 Å². The van der Waals surface area contributed by atoms with Crippen LogP contribution in [0.15, 0.2) is 41.3 Å². The third kappa shape index (κ3) is 5.36. The van der Waals surface area contributed by atoms with E-state index in [1.54, 1.807) is 26.0 Å². The number of ether oxygens (including phenoxy) is 2. The third-order valence-corrected chi connectivity index (χ3v) is 5.24. The number of benzene rings is 2. The summed E-state index contributed by atoms with van der Waals surface area (Å²) < 4.78 is 77.0. The quantitative estimate of drug-likeness (QED) is 0.706. The molecule has 0 unspecified atom stereocenters. The summed E-state index contributed by atoms with van der Waals surface area (Å²) in [6.07, 6.45) is -4.62. The molecule has 0 radical (unpaired) electrons. The van der Waals surface area contributed by atoms with Gasteiger partial charge >= 0.3 is 6.18 Å². The van der Waals surface area contributed by atoms with Gasteiger partial charge in [0.2, 0.25) is 0 Å². The number of methoxy groups -OCH3 is 1. The maximum atomic E-state index is 13.0. The zero-order chi connectivity index (χ0) is 20.2. The van der Waals surface area contributed by atoms with E-state index in [4.69, 9.17) is 9.47 Å². The Labute approximate surface area is 156 Å². The zero-order valence-electron chi connectivity index (χ0n) is 15.1. The lowest BCUT2D eigenvalue weighted by Gasteiger charge is -2.17. The summed E-state index contributed by atoms with van der Waals surface area (Å²) in [5.74, 6) is -0.0195. The monoisotopic (exact) mass is 403 g/mol. The van der Waals surface area contributed by atoms with Gasteiger partial charge in [0.15, 0.2) is 0 Å². The number of alkyl halides is 3. The highest BCUT2D eigenvalue weighted by Gasteiger charge is 2.32. The summed E-state index contributed by atoms with van der Waals surface area (Å²) in [4.78, 5) is -0.0113. The van der Waals surface area contributed by atoms with Crippen molar-refractivity contribution in [2.24, 2.45) is 0 Å². The zero-order valence-corrected chi connectivity index (χ0v) is 15.9. The van der Waals surface area contributed by atoms with E-state index in [0.717, 1.165) is 12.1 Å². The lowest BCUT2D eigenvalue weighted by atomic mass is 10.2. The maximum absolute atomic E-state index is 13.0. The summed E-state index contributed by atoms with van der Waals surface area (Å²) >= 11 is 0. The molecule has 0 amide bonds. The lowest BCUT2D eigenvalue weighted by Crippen LogP contribution is -2.17. The minimum absolute atomic E-state index is 0.0113. The maximum Gasteiger partial charge on any atom is 0.416 e. The number of nitrogens with one attached hydrogen (secondary N) is 1. The number of hydrogen-bond donors (Lipinski definition) is 1. The summed E-state index contributed by atoms with van der Waals surface area (Å²) in [5, 5.41) is 0. The summed E-state index contributed by atoms with van der Waals surface area (Å²) in [6.45, 7) is 3.59. The Kier molecular flexibility index (Phi) is 6.38. The Morgan fingerprint density at radius 2 is 1.74 bits per heavy atom. The SMILES string of the molecule is COCCOc1ccc(C(F)(F)F)cc1NS(=O)(=O)c1cc(C)ccc1C. The van der Waals surface area contributed by atoms with Gasteiger partial charge in [-0.1, -0.05) is 12.1 Å². The number of hydrogen-bond acceptors (Lipinski definition) is 4. The molecule has 0 atom stereocenters. The van der Waals surface area contributed by atoms with Crippen LogP contribution in [0.4, 0.5) is 18.9 Å². The molecule has 2 aromatic rings. The fraction of sp³-hybridized carbons (Fsp3) is 0.333. The van der Waals surface area contributed by atoms with E-state index < -0.39 is 21.8 Å². The molecule has 1 N–H and O–H groups in total. The molecule has 0 heterocycles. The minimum Gasteiger partial charge on any atom is -0.489 e. The van der Waals surface area contributed by atoms with Gasteiger partial charge in [-0.25, -0.2) is 8.42 Å². The topological polar surface area (TPSA) is 64.6 Å². The largest absolute Gasteiger partial charge is 0.489 e. The molecule has 0 aliphatic rings.